The standard InChI is InChI=1S/C8H20NO4P/c1-5-8(9(2,3)4)6-7-13-14(10,11)12/h8H,5-7H2,1-4H3,(H-,10,11,12)/p+1. The number of nitrogens with zero attached hydrogens (tertiary/aromatic N) is 1. The Morgan fingerprint density at radius 2 is 1.86 bits per heavy atom. The van der Waals surface area contributed by atoms with E-state index in [1.165, 1.54) is 0 Å². The van der Waals surface area contributed by atoms with Gasteiger partial charge in [-0.2, -0.15) is 0 Å². The molecule has 0 heterocycles. The number of hydrogen-bond acceptors (Lipinski definition) is 2. The van der Waals surface area contributed by atoms with Crippen molar-refractivity contribution in [1.29, 1.82) is 0 Å². The van der Waals surface area contributed by atoms with E-state index in [9.17, 15) is 4.57 Å². The van der Waals surface area contributed by atoms with Gasteiger partial charge in [0.1, 0.15) is 0 Å². The molecule has 0 aliphatic heterocycles. The lowest BCUT2D eigenvalue weighted by Gasteiger charge is -2.33. The Kier molecular flexibility index (Phi) is 5.26. The Balaban J connectivity index is 3.93. The van der Waals surface area contributed by atoms with Crippen molar-refractivity contribution in [1.82, 2.24) is 0 Å². The highest BCUT2D eigenvalue weighted by Gasteiger charge is 2.23. The van der Waals surface area contributed by atoms with Crippen LogP contribution in [0.3, 0.4) is 0 Å². The fraction of sp³-hybridized carbons (Fsp3) is 1.00. The first-order valence-corrected chi connectivity index (χ1v) is 6.21. The van der Waals surface area contributed by atoms with Crippen LogP contribution in [0.25, 0.3) is 0 Å². The zero-order valence-corrected chi connectivity index (χ0v) is 10.2. The summed E-state index contributed by atoms with van der Waals surface area (Å²) >= 11 is 0. The van der Waals surface area contributed by atoms with Crippen LogP contribution in [-0.2, 0) is 9.09 Å². The summed E-state index contributed by atoms with van der Waals surface area (Å²) in [7, 11) is 1.89. The Hall–Kier alpha value is 0.0700. The maximum Gasteiger partial charge on any atom is 0.469 e. The van der Waals surface area contributed by atoms with Crippen molar-refractivity contribution in [2.45, 2.75) is 25.8 Å². The predicted molar refractivity (Wildman–Crippen MR) is 54.7 cm³/mol. The molecule has 2 N–H and O–H groups in total. The lowest BCUT2D eigenvalue weighted by atomic mass is 10.1. The second-order valence-electron chi connectivity index (χ2n) is 4.29. The molecule has 0 aliphatic rings. The highest BCUT2D eigenvalue weighted by Crippen LogP contribution is 2.36. The average Bonchev–Trinajstić information content (AvgIpc) is 1.93. The van der Waals surface area contributed by atoms with Crippen molar-refractivity contribution in [2.24, 2.45) is 0 Å². The fourth-order valence-corrected chi connectivity index (χ4v) is 1.79. The molecule has 0 aliphatic carbocycles. The van der Waals surface area contributed by atoms with Gasteiger partial charge in [-0.3, -0.25) is 4.52 Å². The van der Waals surface area contributed by atoms with E-state index in [0.717, 1.165) is 10.9 Å². The minimum atomic E-state index is -4.29. The van der Waals surface area contributed by atoms with Crippen molar-refractivity contribution in [3.8, 4) is 0 Å². The van der Waals surface area contributed by atoms with Gasteiger partial charge in [0.2, 0.25) is 0 Å². The third kappa shape index (κ3) is 6.51. The van der Waals surface area contributed by atoms with Gasteiger partial charge < -0.3 is 14.3 Å². The smallest absolute Gasteiger partial charge is 0.328 e. The minimum Gasteiger partial charge on any atom is -0.328 e. The van der Waals surface area contributed by atoms with E-state index in [1.807, 2.05) is 0 Å². The van der Waals surface area contributed by atoms with E-state index in [4.69, 9.17) is 9.79 Å². The summed E-state index contributed by atoms with van der Waals surface area (Å²) in [5.41, 5.74) is 0. The lowest BCUT2D eigenvalue weighted by Crippen LogP contribution is -2.45. The molecule has 0 radical (unpaired) electrons. The van der Waals surface area contributed by atoms with Crippen molar-refractivity contribution < 1.29 is 23.4 Å². The number of rotatable bonds is 6. The summed E-state index contributed by atoms with van der Waals surface area (Å²) in [6, 6.07) is 0.363. The van der Waals surface area contributed by atoms with Gasteiger partial charge in [-0.05, 0) is 6.42 Å². The highest BCUT2D eigenvalue weighted by atomic mass is 31.2. The van der Waals surface area contributed by atoms with E-state index in [2.05, 4.69) is 32.6 Å². The molecule has 1 unspecified atom stereocenters. The third-order valence-electron chi connectivity index (χ3n) is 2.28. The molecular weight excluding hydrogens is 205 g/mol. The zero-order chi connectivity index (χ0) is 11.4. The van der Waals surface area contributed by atoms with Crippen LogP contribution in [0.5, 0.6) is 0 Å². The van der Waals surface area contributed by atoms with E-state index in [1.54, 1.807) is 0 Å². The predicted octanol–water partition coefficient (Wildman–Crippen LogP) is 0.971. The van der Waals surface area contributed by atoms with Crippen molar-refractivity contribution in [2.75, 3.05) is 27.7 Å². The highest BCUT2D eigenvalue weighted by molar-refractivity contribution is 7.46. The summed E-state index contributed by atoms with van der Waals surface area (Å²) in [4.78, 5) is 17.0. The lowest BCUT2D eigenvalue weighted by molar-refractivity contribution is -0.896. The first-order valence-electron chi connectivity index (χ1n) is 4.68. The average molecular weight is 226 g/mol. The maximum absolute atomic E-state index is 10.4. The molecule has 86 valence electrons. The van der Waals surface area contributed by atoms with Crippen LogP contribution in [0.2, 0.25) is 0 Å². The molecule has 14 heavy (non-hydrogen) atoms. The number of quaternary nitrogens is 1. The zero-order valence-electron chi connectivity index (χ0n) is 9.30. The molecular formula is C8H21NO4P+. The van der Waals surface area contributed by atoms with Crippen LogP contribution >= 0.6 is 7.82 Å². The molecule has 0 saturated carbocycles. The first kappa shape index (κ1) is 14.1. The Morgan fingerprint density at radius 3 is 2.14 bits per heavy atom. The van der Waals surface area contributed by atoms with Gasteiger partial charge in [-0.25, -0.2) is 4.57 Å². The van der Waals surface area contributed by atoms with Crippen LogP contribution in [-0.4, -0.2) is 48.1 Å². The van der Waals surface area contributed by atoms with E-state index >= 15 is 0 Å². The van der Waals surface area contributed by atoms with Crippen LogP contribution < -0.4 is 0 Å². The summed E-state index contributed by atoms with van der Waals surface area (Å²) in [5.74, 6) is 0. The molecule has 0 aromatic rings. The molecule has 6 heteroatoms. The van der Waals surface area contributed by atoms with Gasteiger partial charge in [0.15, 0.2) is 0 Å². The van der Waals surface area contributed by atoms with Gasteiger partial charge in [0.05, 0.1) is 33.8 Å². The van der Waals surface area contributed by atoms with E-state index in [-0.39, 0.29) is 6.61 Å². The van der Waals surface area contributed by atoms with Crippen LogP contribution in [0.15, 0.2) is 0 Å². The van der Waals surface area contributed by atoms with Crippen LogP contribution in [0.1, 0.15) is 19.8 Å². The van der Waals surface area contributed by atoms with Gasteiger partial charge in [-0.1, -0.05) is 6.92 Å². The van der Waals surface area contributed by atoms with E-state index in [0.29, 0.717) is 12.5 Å². The molecule has 0 aromatic heterocycles. The van der Waals surface area contributed by atoms with E-state index < -0.39 is 7.82 Å². The summed E-state index contributed by atoms with van der Waals surface area (Å²) in [6.45, 7) is 2.17. The third-order valence-corrected chi connectivity index (χ3v) is 2.80. The van der Waals surface area contributed by atoms with Gasteiger partial charge in [0, 0.05) is 6.42 Å². The Bertz CT molecular complexity index is 208. The molecule has 0 amide bonds. The largest absolute Gasteiger partial charge is 0.469 e. The monoisotopic (exact) mass is 226 g/mol. The molecule has 0 saturated heterocycles. The van der Waals surface area contributed by atoms with Crippen molar-refractivity contribution in [3.05, 3.63) is 0 Å². The molecule has 0 spiro atoms. The Morgan fingerprint density at radius 1 is 1.36 bits per heavy atom. The van der Waals surface area contributed by atoms with Crippen LogP contribution in [0, 0.1) is 0 Å². The molecule has 0 rings (SSSR count). The number of phosphoric acid groups is 1. The quantitative estimate of drug-likeness (QED) is 0.523. The SMILES string of the molecule is CCC(CCOP(=O)(O)O)[N+](C)(C)C. The number of hydrogen-bond donors (Lipinski definition) is 2. The number of phosphoric ester groups is 1. The summed E-state index contributed by atoms with van der Waals surface area (Å²) in [6.07, 6.45) is 1.62. The minimum absolute atomic E-state index is 0.109. The molecule has 0 bridgehead atoms. The van der Waals surface area contributed by atoms with Gasteiger partial charge >= 0.3 is 7.82 Å². The molecule has 5 nitrogen and oxygen atoms in total. The maximum atomic E-state index is 10.4. The Labute approximate surface area is 85.5 Å². The van der Waals surface area contributed by atoms with Crippen molar-refractivity contribution in [3.63, 3.8) is 0 Å². The summed E-state index contributed by atoms with van der Waals surface area (Å²) in [5, 5.41) is 0. The molecule has 1 atom stereocenters. The molecule has 0 aromatic carbocycles. The fourth-order valence-electron chi connectivity index (χ4n) is 1.45. The van der Waals surface area contributed by atoms with Gasteiger partial charge in [-0.15, -0.1) is 0 Å². The van der Waals surface area contributed by atoms with Crippen LogP contribution in [0.4, 0.5) is 0 Å². The normalized spacial score (nSPS) is 15.6. The summed E-state index contributed by atoms with van der Waals surface area (Å²) < 4.78 is 15.6. The second-order valence-corrected chi connectivity index (χ2v) is 5.53. The first-order chi connectivity index (χ1) is 6.17. The van der Waals surface area contributed by atoms with Gasteiger partial charge in [0.25, 0.3) is 0 Å². The van der Waals surface area contributed by atoms with Crippen molar-refractivity contribution >= 4 is 7.82 Å². The topological polar surface area (TPSA) is 66.8 Å². The second kappa shape index (κ2) is 5.24. The molecule has 0 fully saturated rings.